The van der Waals surface area contributed by atoms with E-state index >= 15 is 0 Å². The highest BCUT2D eigenvalue weighted by Gasteiger charge is 2.35. The lowest BCUT2D eigenvalue weighted by Crippen LogP contribution is -2.46. The Hall–Kier alpha value is -3.55. The molecule has 1 unspecified atom stereocenters. The van der Waals surface area contributed by atoms with E-state index in [1.807, 2.05) is 66.4 Å². The summed E-state index contributed by atoms with van der Waals surface area (Å²) in [5, 5.41) is 8.68. The van der Waals surface area contributed by atoms with Crippen LogP contribution in [0.25, 0.3) is 17.0 Å². The second-order valence-corrected chi connectivity index (χ2v) is 8.82. The fourth-order valence-corrected chi connectivity index (χ4v) is 4.63. The highest BCUT2D eigenvalue weighted by molar-refractivity contribution is 7.80. The highest BCUT2D eigenvalue weighted by atomic mass is 35.5. The molecule has 1 N–H and O–H groups in total. The minimum Gasteiger partial charge on any atom is -0.351 e. The number of nitrogens with zero attached hydrogens (tertiary/aromatic N) is 3. The molecule has 0 spiro atoms. The molecule has 1 aliphatic heterocycles. The Morgan fingerprint density at radius 1 is 1.03 bits per heavy atom. The van der Waals surface area contributed by atoms with Gasteiger partial charge in [-0.1, -0.05) is 59.2 Å². The second kappa shape index (κ2) is 9.00. The smallest absolute Gasteiger partial charge is 0.258 e. The number of aryl methyl sites for hydroxylation is 1. The van der Waals surface area contributed by atoms with Gasteiger partial charge in [-0.25, -0.2) is 4.39 Å². The number of benzene rings is 3. The monoisotopic (exact) mass is 490 g/mol. The number of thiocarbonyl (C=S) groups is 1. The number of rotatable bonds is 4. The molecule has 170 valence electrons. The zero-order valence-electron chi connectivity index (χ0n) is 18.4. The van der Waals surface area contributed by atoms with Gasteiger partial charge < -0.3 is 9.84 Å². The van der Waals surface area contributed by atoms with Crippen LogP contribution in [0, 0.1) is 12.7 Å². The summed E-state index contributed by atoms with van der Waals surface area (Å²) in [7, 11) is 0. The summed E-state index contributed by atoms with van der Waals surface area (Å²) in [4.78, 5) is 6.55. The molecule has 5 rings (SSSR count). The van der Waals surface area contributed by atoms with Crippen LogP contribution in [-0.4, -0.2) is 15.3 Å². The number of hydrogen-bond acceptors (Lipinski definition) is 4. The largest absolute Gasteiger partial charge is 0.351 e. The van der Waals surface area contributed by atoms with E-state index in [1.165, 1.54) is 6.07 Å². The fourth-order valence-electron chi connectivity index (χ4n) is 4.07. The quantitative estimate of drug-likeness (QED) is 0.321. The van der Waals surface area contributed by atoms with Crippen molar-refractivity contribution in [1.82, 2.24) is 15.5 Å². The van der Waals surface area contributed by atoms with E-state index in [0.717, 1.165) is 28.1 Å². The van der Waals surface area contributed by atoms with Gasteiger partial charge in [0.05, 0.1) is 11.6 Å². The first kappa shape index (κ1) is 22.3. The molecular weight excluding hydrogens is 471 g/mol. The van der Waals surface area contributed by atoms with Gasteiger partial charge in [0.1, 0.15) is 5.82 Å². The summed E-state index contributed by atoms with van der Waals surface area (Å²) < 4.78 is 19.7. The number of aromatic nitrogens is 2. The van der Waals surface area contributed by atoms with Crippen molar-refractivity contribution in [2.75, 3.05) is 4.90 Å². The lowest BCUT2D eigenvalue weighted by molar-refractivity contribution is 0.404. The number of nitrogens with one attached hydrogen (secondary N) is 1. The number of anilines is 1. The first-order valence-corrected chi connectivity index (χ1v) is 11.4. The van der Waals surface area contributed by atoms with E-state index in [4.69, 9.17) is 33.3 Å². The molecule has 5 nitrogen and oxygen atoms in total. The Balaban J connectivity index is 1.67. The van der Waals surface area contributed by atoms with Gasteiger partial charge in [0.25, 0.3) is 5.89 Å². The van der Waals surface area contributed by atoms with Gasteiger partial charge in [-0.05, 0) is 67.5 Å². The third-order valence-electron chi connectivity index (χ3n) is 5.75. The molecule has 0 saturated heterocycles. The minimum atomic E-state index is -0.368. The average molecular weight is 491 g/mol. The Bertz CT molecular complexity index is 1420. The maximum absolute atomic E-state index is 14.0. The first-order valence-electron chi connectivity index (χ1n) is 10.6. The van der Waals surface area contributed by atoms with Crippen molar-refractivity contribution in [2.45, 2.75) is 19.9 Å². The number of hydrogen-bond donors (Lipinski definition) is 1. The minimum absolute atomic E-state index is 0.275. The van der Waals surface area contributed by atoms with Crippen LogP contribution in [0.15, 0.2) is 83.0 Å². The number of allylic oxidation sites excluding steroid dienone is 1. The molecule has 1 atom stereocenters. The van der Waals surface area contributed by atoms with Crippen molar-refractivity contribution < 1.29 is 8.91 Å². The van der Waals surface area contributed by atoms with E-state index in [0.29, 0.717) is 27.4 Å². The summed E-state index contributed by atoms with van der Waals surface area (Å²) in [5.41, 5.74) is 4.56. The van der Waals surface area contributed by atoms with Crippen LogP contribution in [0.1, 0.15) is 30.0 Å². The number of halogens is 2. The van der Waals surface area contributed by atoms with Crippen LogP contribution in [0.2, 0.25) is 5.02 Å². The fraction of sp³-hybridized carbons (Fsp3) is 0.115. The molecule has 8 heteroatoms. The van der Waals surface area contributed by atoms with Gasteiger partial charge >= 0.3 is 0 Å². The molecule has 1 aliphatic rings. The van der Waals surface area contributed by atoms with Crippen LogP contribution in [0.4, 0.5) is 10.1 Å². The standard InChI is InChI=1S/C26H20ClFN4OS/c1-15-13-20(11-12-21(15)28)32-16(2)22(23(29-26(32)34)18-9-6-10-19(27)14-18)25-30-24(31-33-25)17-7-4-3-5-8-17/h3-14,23H,1-2H3,(H,29,34). The predicted octanol–water partition coefficient (Wildman–Crippen LogP) is 6.70. The summed E-state index contributed by atoms with van der Waals surface area (Å²) in [5.74, 6) is 0.570. The van der Waals surface area contributed by atoms with Gasteiger partial charge in [-0.2, -0.15) is 4.98 Å². The SMILES string of the molecule is CC1=C(c2nc(-c3ccccc3)no2)C(c2cccc(Cl)c2)NC(=S)N1c1ccc(F)c(C)c1. The Morgan fingerprint density at radius 3 is 2.56 bits per heavy atom. The van der Waals surface area contributed by atoms with Gasteiger partial charge in [-0.3, -0.25) is 4.90 Å². The molecule has 0 saturated carbocycles. The van der Waals surface area contributed by atoms with Crippen LogP contribution in [-0.2, 0) is 0 Å². The zero-order chi connectivity index (χ0) is 23.8. The van der Waals surface area contributed by atoms with Crippen molar-refractivity contribution in [1.29, 1.82) is 0 Å². The molecule has 34 heavy (non-hydrogen) atoms. The van der Waals surface area contributed by atoms with Crippen LogP contribution in [0.5, 0.6) is 0 Å². The van der Waals surface area contributed by atoms with Crippen molar-refractivity contribution in [3.05, 3.63) is 106 Å². The normalized spacial score (nSPS) is 16.1. The molecule has 0 bridgehead atoms. The molecule has 3 aromatic carbocycles. The van der Waals surface area contributed by atoms with Gasteiger partial charge in [0.15, 0.2) is 5.11 Å². The Kier molecular flexibility index (Phi) is 5.89. The lowest BCUT2D eigenvalue weighted by atomic mass is 9.94. The van der Waals surface area contributed by atoms with Crippen molar-refractivity contribution >= 4 is 40.2 Å². The third kappa shape index (κ3) is 4.08. The molecule has 4 aromatic rings. The van der Waals surface area contributed by atoms with Crippen LogP contribution >= 0.6 is 23.8 Å². The topological polar surface area (TPSA) is 54.2 Å². The van der Waals surface area contributed by atoms with Crippen molar-refractivity contribution in [3.63, 3.8) is 0 Å². The third-order valence-corrected chi connectivity index (χ3v) is 6.29. The van der Waals surface area contributed by atoms with E-state index < -0.39 is 0 Å². The van der Waals surface area contributed by atoms with Gasteiger partial charge in [0, 0.05) is 22.0 Å². The molecule has 0 aliphatic carbocycles. The van der Waals surface area contributed by atoms with Crippen molar-refractivity contribution in [3.8, 4) is 11.4 Å². The maximum Gasteiger partial charge on any atom is 0.258 e. The molecule has 0 radical (unpaired) electrons. The van der Waals surface area contributed by atoms with E-state index in [-0.39, 0.29) is 11.9 Å². The average Bonchev–Trinajstić information content (AvgIpc) is 3.31. The van der Waals surface area contributed by atoms with Gasteiger partial charge in [0.2, 0.25) is 5.82 Å². The Morgan fingerprint density at radius 2 is 1.82 bits per heavy atom. The van der Waals surface area contributed by atoms with Gasteiger partial charge in [-0.15, -0.1) is 0 Å². The zero-order valence-corrected chi connectivity index (χ0v) is 20.0. The lowest BCUT2D eigenvalue weighted by Gasteiger charge is -2.37. The summed E-state index contributed by atoms with van der Waals surface area (Å²) in [6, 6.07) is 21.7. The summed E-state index contributed by atoms with van der Waals surface area (Å²) >= 11 is 12.0. The second-order valence-electron chi connectivity index (χ2n) is 7.99. The first-order chi connectivity index (χ1) is 16.4. The molecule has 0 amide bonds. The van der Waals surface area contributed by atoms with Crippen LogP contribution < -0.4 is 10.2 Å². The molecule has 0 fully saturated rings. The van der Waals surface area contributed by atoms with Crippen LogP contribution in [0.3, 0.4) is 0 Å². The van der Waals surface area contributed by atoms with E-state index in [1.54, 1.807) is 19.1 Å². The summed E-state index contributed by atoms with van der Waals surface area (Å²) in [6.45, 7) is 3.66. The molecule has 2 heterocycles. The molecule has 1 aromatic heterocycles. The molecular formula is C26H20ClFN4OS. The predicted molar refractivity (Wildman–Crippen MR) is 136 cm³/mol. The van der Waals surface area contributed by atoms with E-state index in [2.05, 4.69) is 10.5 Å². The van der Waals surface area contributed by atoms with Crippen molar-refractivity contribution in [2.24, 2.45) is 0 Å². The Labute approximate surface area is 206 Å². The highest BCUT2D eigenvalue weighted by Crippen LogP contribution is 2.39. The van der Waals surface area contributed by atoms with E-state index in [9.17, 15) is 4.39 Å². The maximum atomic E-state index is 14.0. The summed E-state index contributed by atoms with van der Waals surface area (Å²) in [6.07, 6.45) is 0.